The lowest BCUT2D eigenvalue weighted by molar-refractivity contribution is 0.122. The Bertz CT molecular complexity index is 930. The summed E-state index contributed by atoms with van der Waals surface area (Å²) in [5.41, 5.74) is 4.59. The molecular formula is C23H29N5O2. The Hall–Kier alpha value is -2.51. The van der Waals surface area contributed by atoms with Crippen molar-refractivity contribution in [3.05, 3.63) is 36.0 Å². The maximum Gasteiger partial charge on any atom is 0.143 e. The quantitative estimate of drug-likeness (QED) is 0.794. The number of aromatic nitrogens is 1. The molecule has 1 aromatic heterocycles. The van der Waals surface area contributed by atoms with E-state index in [0.717, 1.165) is 74.7 Å². The number of nitrogens with one attached hydrogen (secondary N) is 2. The van der Waals surface area contributed by atoms with Crippen molar-refractivity contribution in [3.8, 4) is 5.75 Å². The normalized spacial score (nSPS) is 25.5. The predicted molar refractivity (Wildman–Crippen MR) is 118 cm³/mol. The first-order valence-electron chi connectivity index (χ1n) is 11.2. The molecule has 2 N–H and O–H groups in total. The van der Waals surface area contributed by atoms with Crippen molar-refractivity contribution >= 4 is 22.9 Å². The molecule has 4 aliphatic heterocycles. The number of hydrogen-bond acceptors (Lipinski definition) is 7. The largest absolute Gasteiger partial charge is 0.486 e. The van der Waals surface area contributed by atoms with Crippen molar-refractivity contribution in [2.24, 2.45) is 5.92 Å². The number of anilines is 4. The van der Waals surface area contributed by atoms with Gasteiger partial charge in [0, 0.05) is 49.8 Å². The molecule has 0 saturated carbocycles. The fourth-order valence-corrected chi connectivity index (χ4v) is 5.33. The lowest BCUT2D eigenvalue weighted by Gasteiger charge is -2.36. The summed E-state index contributed by atoms with van der Waals surface area (Å²) in [6.07, 6.45) is 4.40. The molecule has 0 bridgehead atoms. The highest BCUT2D eigenvalue weighted by Gasteiger charge is 2.33. The number of fused-ring (bicyclic) bond motifs is 3. The van der Waals surface area contributed by atoms with Gasteiger partial charge in [-0.25, -0.2) is 4.98 Å². The maximum atomic E-state index is 6.23. The summed E-state index contributed by atoms with van der Waals surface area (Å²) in [5.74, 6) is 2.55. The van der Waals surface area contributed by atoms with Crippen molar-refractivity contribution in [1.82, 2.24) is 10.3 Å². The molecule has 7 nitrogen and oxygen atoms in total. The average Bonchev–Trinajstić information content (AvgIpc) is 3.18. The van der Waals surface area contributed by atoms with E-state index in [1.807, 2.05) is 6.20 Å². The van der Waals surface area contributed by atoms with Gasteiger partial charge in [0.1, 0.15) is 18.2 Å². The van der Waals surface area contributed by atoms with Gasteiger partial charge in [0.05, 0.1) is 24.5 Å². The highest BCUT2D eigenvalue weighted by atomic mass is 16.5. The summed E-state index contributed by atoms with van der Waals surface area (Å²) in [7, 11) is 0. The maximum absolute atomic E-state index is 6.23. The minimum absolute atomic E-state index is 0.522. The molecule has 0 radical (unpaired) electrons. The van der Waals surface area contributed by atoms with Crippen LogP contribution in [0.15, 0.2) is 30.5 Å². The van der Waals surface area contributed by atoms with E-state index in [1.165, 1.54) is 24.2 Å². The molecular weight excluding hydrogens is 378 g/mol. The summed E-state index contributed by atoms with van der Waals surface area (Å²) < 4.78 is 11.8. The van der Waals surface area contributed by atoms with Crippen LogP contribution in [-0.4, -0.2) is 57.0 Å². The SMILES string of the molecule is c1cc(N2CCOCC2)c2c(n1)Nc1cc(N3CCC4NCCC4C3)ccc1OC2. The van der Waals surface area contributed by atoms with E-state index < -0.39 is 0 Å². The van der Waals surface area contributed by atoms with Crippen LogP contribution in [0.2, 0.25) is 0 Å². The van der Waals surface area contributed by atoms with Gasteiger partial charge in [0.25, 0.3) is 0 Å². The van der Waals surface area contributed by atoms with Gasteiger partial charge in [0.2, 0.25) is 0 Å². The Morgan fingerprint density at radius 2 is 1.97 bits per heavy atom. The molecule has 2 atom stereocenters. The number of morpholine rings is 1. The average molecular weight is 408 g/mol. The van der Waals surface area contributed by atoms with Gasteiger partial charge in [-0.2, -0.15) is 0 Å². The fraction of sp³-hybridized carbons (Fsp3) is 0.522. The number of nitrogens with zero attached hydrogens (tertiary/aromatic N) is 3. The molecule has 2 aromatic rings. The van der Waals surface area contributed by atoms with Crippen LogP contribution in [0, 0.1) is 5.92 Å². The zero-order valence-corrected chi connectivity index (χ0v) is 17.3. The number of ether oxygens (including phenoxy) is 2. The molecule has 158 valence electrons. The van der Waals surface area contributed by atoms with Crippen molar-refractivity contribution < 1.29 is 9.47 Å². The van der Waals surface area contributed by atoms with E-state index in [2.05, 4.69) is 49.7 Å². The Labute approximate surface area is 177 Å². The minimum Gasteiger partial charge on any atom is -0.486 e. The van der Waals surface area contributed by atoms with Crippen LogP contribution in [0.25, 0.3) is 0 Å². The highest BCUT2D eigenvalue weighted by molar-refractivity contribution is 5.75. The van der Waals surface area contributed by atoms with Crippen LogP contribution in [0.3, 0.4) is 0 Å². The Kier molecular flexibility index (Phi) is 4.65. The molecule has 3 saturated heterocycles. The van der Waals surface area contributed by atoms with E-state index in [4.69, 9.17) is 9.47 Å². The molecule has 0 aliphatic carbocycles. The molecule has 0 spiro atoms. The zero-order valence-electron chi connectivity index (χ0n) is 17.3. The Balaban J connectivity index is 1.27. The summed E-state index contributed by atoms with van der Waals surface area (Å²) in [6, 6.07) is 9.34. The van der Waals surface area contributed by atoms with Crippen LogP contribution in [0.1, 0.15) is 18.4 Å². The number of piperidine rings is 1. The van der Waals surface area contributed by atoms with Crippen molar-refractivity contribution in [1.29, 1.82) is 0 Å². The molecule has 3 fully saturated rings. The van der Waals surface area contributed by atoms with E-state index in [0.29, 0.717) is 12.6 Å². The lowest BCUT2D eigenvalue weighted by atomic mass is 9.93. The van der Waals surface area contributed by atoms with Gasteiger partial charge in [-0.1, -0.05) is 0 Å². The second kappa shape index (κ2) is 7.63. The Morgan fingerprint density at radius 1 is 1.03 bits per heavy atom. The van der Waals surface area contributed by atoms with Gasteiger partial charge in [-0.15, -0.1) is 0 Å². The third kappa shape index (κ3) is 3.26. The number of hydrogen-bond donors (Lipinski definition) is 2. The molecule has 5 heterocycles. The monoisotopic (exact) mass is 407 g/mol. The zero-order chi connectivity index (χ0) is 19.9. The summed E-state index contributed by atoms with van der Waals surface area (Å²) in [4.78, 5) is 9.55. The first-order valence-corrected chi connectivity index (χ1v) is 11.2. The summed E-state index contributed by atoms with van der Waals surface area (Å²) >= 11 is 0. The van der Waals surface area contributed by atoms with E-state index in [9.17, 15) is 0 Å². The van der Waals surface area contributed by atoms with E-state index in [-0.39, 0.29) is 0 Å². The van der Waals surface area contributed by atoms with Crippen molar-refractivity contribution in [3.63, 3.8) is 0 Å². The smallest absolute Gasteiger partial charge is 0.143 e. The van der Waals surface area contributed by atoms with Gasteiger partial charge in [-0.3, -0.25) is 0 Å². The molecule has 0 amide bonds. The molecule has 30 heavy (non-hydrogen) atoms. The number of pyridine rings is 1. The number of benzene rings is 1. The third-order valence-corrected chi connectivity index (χ3v) is 6.99. The first kappa shape index (κ1) is 18.3. The van der Waals surface area contributed by atoms with Crippen LogP contribution >= 0.6 is 0 Å². The van der Waals surface area contributed by atoms with E-state index in [1.54, 1.807) is 0 Å². The van der Waals surface area contributed by atoms with Crippen LogP contribution in [0.4, 0.5) is 22.9 Å². The minimum atomic E-state index is 0.522. The standard InChI is InChI=1S/C23H29N5O2/c1-2-22-20(13-17(1)28-8-5-19-16(14-28)3-6-24-19)26-23-18(15-30-22)21(4-7-25-23)27-9-11-29-12-10-27/h1-2,4,7,13,16,19,24H,3,5-6,8-12,14-15H2,(H,25,26). The molecule has 2 unspecified atom stereocenters. The van der Waals surface area contributed by atoms with Gasteiger partial charge < -0.3 is 29.9 Å². The highest BCUT2D eigenvalue weighted by Crippen LogP contribution is 2.39. The van der Waals surface area contributed by atoms with E-state index >= 15 is 0 Å². The van der Waals surface area contributed by atoms with Crippen LogP contribution in [0.5, 0.6) is 5.75 Å². The second-order valence-electron chi connectivity index (χ2n) is 8.69. The number of rotatable bonds is 2. The predicted octanol–water partition coefficient (Wildman–Crippen LogP) is 2.74. The summed E-state index contributed by atoms with van der Waals surface area (Å²) in [5, 5.41) is 7.23. The van der Waals surface area contributed by atoms with Gasteiger partial charge in [0.15, 0.2) is 0 Å². The van der Waals surface area contributed by atoms with Crippen LogP contribution in [-0.2, 0) is 11.3 Å². The van der Waals surface area contributed by atoms with Gasteiger partial charge >= 0.3 is 0 Å². The Morgan fingerprint density at radius 3 is 2.90 bits per heavy atom. The van der Waals surface area contributed by atoms with Gasteiger partial charge in [-0.05, 0) is 49.6 Å². The molecule has 1 aromatic carbocycles. The van der Waals surface area contributed by atoms with Crippen molar-refractivity contribution in [2.75, 3.05) is 61.1 Å². The first-order chi connectivity index (χ1) is 14.8. The molecule has 6 rings (SSSR count). The molecule has 7 heteroatoms. The van der Waals surface area contributed by atoms with Crippen LogP contribution < -0.4 is 25.2 Å². The third-order valence-electron chi connectivity index (χ3n) is 6.99. The lowest BCUT2D eigenvalue weighted by Crippen LogP contribution is -2.44. The van der Waals surface area contributed by atoms with Crippen molar-refractivity contribution in [2.45, 2.75) is 25.5 Å². The summed E-state index contributed by atoms with van der Waals surface area (Å²) in [6.45, 7) is 7.26. The molecule has 4 aliphatic rings. The second-order valence-corrected chi connectivity index (χ2v) is 8.69. The topological polar surface area (TPSA) is 61.9 Å². The fourth-order valence-electron chi connectivity index (χ4n) is 5.33.